The summed E-state index contributed by atoms with van der Waals surface area (Å²) in [5, 5.41) is 0. The normalized spacial score (nSPS) is 21.0. The largest absolute Gasteiger partial charge is 0.294 e. The molecule has 0 aliphatic heterocycles. The molecule has 2 aromatic rings. The van der Waals surface area contributed by atoms with E-state index in [1.54, 1.807) is 0 Å². The average Bonchev–Trinajstić information content (AvgIpc) is 3.01. The monoisotopic (exact) mass is 290 g/mol. The fourth-order valence-electron chi connectivity index (χ4n) is 3.37. The lowest BCUT2D eigenvalue weighted by Crippen LogP contribution is -2.22. The van der Waals surface area contributed by atoms with E-state index >= 15 is 0 Å². The summed E-state index contributed by atoms with van der Waals surface area (Å²) >= 11 is 0. The predicted octanol–water partition coefficient (Wildman–Crippen LogP) is 5.25. The predicted molar refractivity (Wildman–Crippen MR) is 91.6 cm³/mol. The average molecular weight is 290 g/mol. The van der Waals surface area contributed by atoms with Crippen molar-refractivity contribution in [2.45, 2.75) is 20.3 Å². The van der Waals surface area contributed by atoms with E-state index in [1.807, 2.05) is 36.4 Å². The molecule has 0 amide bonds. The second-order valence-corrected chi connectivity index (χ2v) is 6.43. The SMILES string of the molecule is CC(C)C1CC(c2ccccc2)=CC1C(=O)c1ccccc1. The molecule has 0 radical (unpaired) electrons. The summed E-state index contributed by atoms with van der Waals surface area (Å²) in [5.41, 5.74) is 3.38. The van der Waals surface area contributed by atoms with Crippen LogP contribution >= 0.6 is 0 Å². The molecule has 2 aromatic carbocycles. The molecule has 0 saturated carbocycles. The Morgan fingerprint density at radius 3 is 2.14 bits per heavy atom. The molecule has 1 heteroatoms. The maximum atomic E-state index is 12.9. The van der Waals surface area contributed by atoms with E-state index in [9.17, 15) is 4.79 Å². The van der Waals surface area contributed by atoms with Crippen LogP contribution in [0.1, 0.15) is 36.2 Å². The fourth-order valence-corrected chi connectivity index (χ4v) is 3.37. The molecule has 3 rings (SSSR count). The van der Waals surface area contributed by atoms with Gasteiger partial charge in [-0.1, -0.05) is 80.6 Å². The maximum absolute atomic E-state index is 12.9. The molecule has 112 valence electrons. The number of hydrogen-bond donors (Lipinski definition) is 0. The minimum atomic E-state index is -0.00222. The molecule has 22 heavy (non-hydrogen) atoms. The van der Waals surface area contributed by atoms with E-state index in [4.69, 9.17) is 0 Å². The topological polar surface area (TPSA) is 17.1 Å². The minimum absolute atomic E-state index is 0.00222. The Hall–Kier alpha value is -2.15. The number of ketones is 1. The number of rotatable bonds is 4. The van der Waals surface area contributed by atoms with E-state index in [0.717, 1.165) is 12.0 Å². The van der Waals surface area contributed by atoms with Crippen LogP contribution in [0.15, 0.2) is 66.7 Å². The Balaban J connectivity index is 1.93. The van der Waals surface area contributed by atoms with E-state index in [1.165, 1.54) is 11.1 Å². The van der Waals surface area contributed by atoms with Crippen LogP contribution < -0.4 is 0 Å². The van der Waals surface area contributed by atoms with Crippen LogP contribution in [0.5, 0.6) is 0 Å². The van der Waals surface area contributed by atoms with Gasteiger partial charge in [-0.3, -0.25) is 4.79 Å². The third-order valence-electron chi connectivity index (χ3n) is 4.66. The highest BCUT2D eigenvalue weighted by atomic mass is 16.1. The van der Waals surface area contributed by atoms with Crippen molar-refractivity contribution in [3.05, 3.63) is 77.9 Å². The Morgan fingerprint density at radius 2 is 1.55 bits per heavy atom. The number of Topliss-reactive ketones (excluding diaryl/α,β-unsaturated/α-hetero) is 1. The standard InChI is InChI=1S/C21H22O/c1-15(2)19-13-18(16-9-5-3-6-10-16)14-20(19)21(22)17-11-7-4-8-12-17/h3-12,14-15,19-20H,13H2,1-2H3. The quantitative estimate of drug-likeness (QED) is 0.703. The van der Waals surface area contributed by atoms with Gasteiger partial charge < -0.3 is 0 Å². The molecule has 1 nitrogen and oxygen atoms in total. The third-order valence-corrected chi connectivity index (χ3v) is 4.66. The molecule has 0 bridgehead atoms. The second-order valence-electron chi connectivity index (χ2n) is 6.43. The number of hydrogen-bond acceptors (Lipinski definition) is 1. The van der Waals surface area contributed by atoms with Crippen molar-refractivity contribution in [2.75, 3.05) is 0 Å². The molecule has 0 N–H and O–H groups in total. The van der Waals surface area contributed by atoms with Crippen molar-refractivity contribution in [2.24, 2.45) is 17.8 Å². The van der Waals surface area contributed by atoms with Gasteiger partial charge in [-0.2, -0.15) is 0 Å². The molecule has 0 saturated heterocycles. The molecule has 0 heterocycles. The molecule has 0 aromatic heterocycles. The molecular weight excluding hydrogens is 268 g/mol. The van der Waals surface area contributed by atoms with Crippen LogP contribution in [0.4, 0.5) is 0 Å². The Bertz CT molecular complexity index is 668. The van der Waals surface area contributed by atoms with Gasteiger partial charge in [-0.05, 0) is 29.4 Å². The van der Waals surface area contributed by atoms with Crippen molar-refractivity contribution in [1.82, 2.24) is 0 Å². The van der Waals surface area contributed by atoms with Gasteiger partial charge in [0.15, 0.2) is 5.78 Å². The third kappa shape index (κ3) is 2.89. The number of allylic oxidation sites excluding steroid dienone is 2. The lowest BCUT2D eigenvalue weighted by atomic mass is 9.81. The van der Waals surface area contributed by atoms with Crippen LogP contribution in [0.25, 0.3) is 5.57 Å². The summed E-state index contributed by atoms with van der Waals surface area (Å²) in [6, 6.07) is 20.1. The van der Waals surface area contributed by atoms with Crippen molar-refractivity contribution in [1.29, 1.82) is 0 Å². The zero-order valence-electron chi connectivity index (χ0n) is 13.2. The molecule has 1 aliphatic carbocycles. The summed E-state index contributed by atoms with van der Waals surface area (Å²) in [6.45, 7) is 4.44. The minimum Gasteiger partial charge on any atom is -0.294 e. The highest BCUT2D eigenvalue weighted by Gasteiger charge is 2.35. The zero-order valence-corrected chi connectivity index (χ0v) is 13.2. The van der Waals surface area contributed by atoms with E-state index in [2.05, 4.69) is 44.2 Å². The molecule has 2 unspecified atom stereocenters. The van der Waals surface area contributed by atoms with E-state index in [0.29, 0.717) is 11.8 Å². The molecular formula is C21H22O. The molecule has 2 atom stereocenters. The van der Waals surface area contributed by atoms with Crippen LogP contribution in [0.2, 0.25) is 0 Å². The first-order chi connectivity index (χ1) is 10.7. The first-order valence-corrected chi connectivity index (χ1v) is 8.02. The van der Waals surface area contributed by atoms with Crippen molar-refractivity contribution >= 4 is 11.4 Å². The zero-order chi connectivity index (χ0) is 15.5. The van der Waals surface area contributed by atoms with Crippen LogP contribution in [-0.2, 0) is 0 Å². The Kier molecular flexibility index (Phi) is 4.24. The summed E-state index contributed by atoms with van der Waals surface area (Å²) < 4.78 is 0. The molecule has 0 spiro atoms. The highest BCUT2D eigenvalue weighted by Crippen LogP contribution is 2.41. The first kappa shape index (κ1) is 14.8. The van der Waals surface area contributed by atoms with Crippen LogP contribution in [0.3, 0.4) is 0 Å². The van der Waals surface area contributed by atoms with Crippen molar-refractivity contribution in [3.63, 3.8) is 0 Å². The number of carbonyl (C=O) groups is 1. The summed E-state index contributed by atoms with van der Waals surface area (Å²) in [6.07, 6.45) is 3.19. The van der Waals surface area contributed by atoms with E-state index in [-0.39, 0.29) is 11.7 Å². The summed E-state index contributed by atoms with van der Waals surface area (Å²) in [5.74, 6) is 1.14. The van der Waals surface area contributed by atoms with Gasteiger partial charge >= 0.3 is 0 Å². The van der Waals surface area contributed by atoms with Crippen molar-refractivity contribution < 1.29 is 4.79 Å². The Labute approximate surface area is 132 Å². The number of carbonyl (C=O) groups excluding carboxylic acids is 1. The number of benzene rings is 2. The van der Waals surface area contributed by atoms with Gasteiger partial charge in [0.2, 0.25) is 0 Å². The van der Waals surface area contributed by atoms with Gasteiger partial charge in [0, 0.05) is 11.5 Å². The lowest BCUT2D eigenvalue weighted by molar-refractivity contribution is 0.0897. The molecule has 1 aliphatic rings. The van der Waals surface area contributed by atoms with E-state index < -0.39 is 0 Å². The first-order valence-electron chi connectivity index (χ1n) is 8.02. The van der Waals surface area contributed by atoms with Gasteiger partial charge in [0.1, 0.15) is 0 Å². The van der Waals surface area contributed by atoms with Gasteiger partial charge in [-0.15, -0.1) is 0 Å². The fraction of sp³-hybridized carbons (Fsp3) is 0.286. The maximum Gasteiger partial charge on any atom is 0.170 e. The van der Waals surface area contributed by atoms with Crippen molar-refractivity contribution in [3.8, 4) is 0 Å². The second kappa shape index (κ2) is 6.31. The van der Waals surface area contributed by atoms with Crippen LogP contribution in [0, 0.1) is 17.8 Å². The van der Waals surface area contributed by atoms with Gasteiger partial charge in [0.25, 0.3) is 0 Å². The molecule has 0 fully saturated rings. The lowest BCUT2D eigenvalue weighted by Gasteiger charge is -2.22. The summed E-state index contributed by atoms with van der Waals surface area (Å²) in [4.78, 5) is 12.9. The highest BCUT2D eigenvalue weighted by molar-refractivity contribution is 6.00. The van der Waals surface area contributed by atoms with Gasteiger partial charge in [-0.25, -0.2) is 0 Å². The van der Waals surface area contributed by atoms with Crippen LogP contribution in [-0.4, -0.2) is 5.78 Å². The van der Waals surface area contributed by atoms with Gasteiger partial charge in [0.05, 0.1) is 0 Å². The smallest absolute Gasteiger partial charge is 0.170 e. The Morgan fingerprint density at radius 1 is 0.955 bits per heavy atom. The summed E-state index contributed by atoms with van der Waals surface area (Å²) in [7, 11) is 0.